The quantitative estimate of drug-likeness (QED) is 0.911. The minimum absolute atomic E-state index is 0.0323. The van der Waals surface area contributed by atoms with E-state index in [-0.39, 0.29) is 19.1 Å². The highest BCUT2D eigenvalue weighted by Crippen LogP contribution is 2.32. The van der Waals surface area contributed by atoms with Crippen LogP contribution in [0.5, 0.6) is 5.75 Å². The van der Waals surface area contributed by atoms with Gasteiger partial charge in [-0.15, -0.1) is 0 Å². The van der Waals surface area contributed by atoms with Crippen LogP contribution in [0.1, 0.15) is 11.5 Å². The largest absolute Gasteiger partial charge is 0.482 e. The van der Waals surface area contributed by atoms with Crippen LogP contribution in [0.25, 0.3) is 0 Å². The molecule has 0 fully saturated rings. The number of carbonyl (C=O) groups is 1. The van der Waals surface area contributed by atoms with Crippen LogP contribution in [-0.4, -0.2) is 17.6 Å². The van der Waals surface area contributed by atoms with E-state index in [9.17, 15) is 4.79 Å². The Kier molecular flexibility index (Phi) is 2.97. The molecule has 2 heterocycles. The lowest BCUT2D eigenvalue weighted by Gasteiger charge is -2.28. The first kappa shape index (κ1) is 11.8. The van der Waals surface area contributed by atoms with Gasteiger partial charge in [-0.25, -0.2) is 0 Å². The highest BCUT2D eigenvalue weighted by Gasteiger charge is 2.25. The van der Waals surface area contributed by atoms with Gasteiger partial charge in [0, 0.05) is 0 Å². The predicted octanol–water partition coefficient (Wildman–Crippen LogP) is 1.70. The average Bonchev–Trinajstić information content (AvgIpc) is 2.90. The minimum atomic E-state index is -0.145. The van der Waals surface area contributed by atoms with Crippen LogP contribution >= 0.6 is 0 Å². The Morgan fingerprint density at radius 1 is 1.16 bits per heavy atom. The number of furan rings is 1. The van der Waals surface area contributed by atoms with Crippen molar-refractivity contribution in [3.8, 4) is 5.75 Å². The van der Waals surface area contributed by atoms with Crippen molar-refractivity contribution in [3.63, 3.8) is 0 Å². The van der Waals surface area contributed by atoms with Gasteiger partial charge in [0.15, 0.2) is 6.61 Å². The molecule has 0 saturated carbocycles. The van der Waals surface area contributed by atoms with E-state index in [0.29, 0.717) is 23.8 Å². The maximum absolute atomic E-state index is 11.9. The number of rotatable bonds is 3. The zero-order valence-corrected chi connectivity index (χ0v) is 10.2. The zero-order valence-electron chi connectivity index (χ0n) is 10.2. The number of hydrogen-bond donors (Lipinski definition) is 1. The number of benzene rings is 1. The van der Waals surface area contributed by atoms with Crippen molar-refractivity contribution in [3.05, 3.63) is 47.9 Å². The van der Waals surface area contributed by atoms with Crippen molar-refractivity contribution in [2.24, 2.45) is 0 Å². The molecule has 5 nitrogen and oxygen atoms in total. The van der Waals surface area contributed by atoms with Crippen molar-refractivity contribution < 1.29 is 19.1 Å². The van der Waals surface area contributed by atoms with Gasteiger partial charge in [0.1, 0.15) is 23.9 Å². The maximum atomic E-state index is 11.9. The van der Waals surface area contributed by atoms with Crippen LogP contribution in [0.2, 0.25) is 0 Å². The highest BCUT2D eigenvalue weighted by molar-refractivity contribution is 5.97. The predicted molar refractivity (Wildman–Crippen MR) is 67.8 cm³/mol. The molecule has 0 saturated heterocycles. The molecule has 0 spiro atoms. The first-order chi connectivity index (χ1) is 9.28. The third-order valence-electron chi connectivity index (χ3n) is 3.00. The Balaban J connectivity index is 1.89. The Morgan fingerprint density at radius 2 is 1.95 bits per heavy atom. The number of carbonyl (C=O) groups excluding carboxylic acids is 1. The smallest absolute Gasteiger partial charge is 0.265 e. The van der Waals surface area contributed by atoms with Gasteiger partial charge in [-0.1, -0.05) is 12.1 Å². The second-order valence-corrected chi connectivity index (χ2v) is 4.26. The van der Waals surface area contributed by atoms with Crippen LogP contribution in [0.4, 0.5) is 5.69 Å². The molecule has 0 aliphatic carbocycles. The Morgan fingerprint density at radius 3 is 2.74 bits per heavy atom. The van der Waals surface area contributed by atoms with Gasteiger partial charge >= 0.3 is 0 Å². The molecule has 1 aromatic carbocycles. The lowest BCUT2D eigenvalue weighted by atomic mass is 10.2. The van der Waals surface area contributed by atoms with E-state index in [2.05, 4.69) is 0 Å². The fourth-order valence-corrected chi connectivity index (χ4v) is 2.08. The second-order valence-electron chi connectivity index (χ2n) is 4.26. The summed E-state index contributed by atoms with van der Waals surface area (Å²) in [6.07, 6.45) is 0. The van der Waals surface area contributed by atoms with E-state index >= 15 is 0 Å². The molecule has 98 valence electrons. The number of anilines is 1. The standard InChI is InChI=1S/C14H13NO4/c16-8-11-6-5-10(19-11)7-15-12-3-1-2-4-13(12)18-9-14(15)17/h1-6,16H,7-9H2. The summed E-state index contributed by atoms with van der Waals surface area (Å²) in [6, 6.07) is 10.8. The van der Waals surface area contributed by atoms with Gasteiger partial charge in [-0.2, -0.15) is 0 Å². The molecule has 19 heavy (non-hydrogen) atoms. The molecule has 3 rings (SSSR count). The van der Waals surface area contributed by atoms with Crippen molar-refractivity contribution in [1.29, 1.82) is 0 Å². The third-order valence-corrected chi connectivity index (χ3v) is 3.00. The number of amides is 1. The summed E-state index contributed by atoms with van der Waals surface area (Å²) in [5.41, 5.74) is 0.737. The maximum Gasteiger partial charge on any atom is 0.265 e. The lowest BCUT2D eigenvalue weighted by Crippen LogP contribution is -2.38. The van der Waals surface area contributed by atoms with Crippen molar-refractivity contribution in [1.82, 2.24) is 0 Å². The summed E-state index contributed by atoms with van der Waals surface area (Å²) in [6.45, 7) is 0.220. The summed E-state index contributed by atoms with van der Waals surface area (Å²) in [7, 11) is 0. The molecule has 0 unspecified atom stereocenters. The Hall–Kier alpha value is -2.27. The van der Waals surface area contributed by atoms with Gasteiger partial charge < -0.3 is 14.3 Å². The van der Waals surface area contributed by atoms with Gasteiger partial charge in [0.05, 0.1) is 12.2 Å². The fraction of sp³-hybridized carbons (Fsp3) is 0.214. The molecule has 0 atom stereocenters. The van der Waals surface area contributed by atoms with Gasteiger partial charge in [-0.05, 0) is 24.3 Å². The van der Waals surface area contributed by atoms with Crippen LogP contribution < -0.4 is 9.64 Å². The Bertz CT molecular complexity index is 605. The normalized spacial score (nSPS) is 14.2. The lowest BCUT2D eigenvalue weighted by molar-refractivity contribution is -0.121. The Labute approximate surface area is 110 Å². The third kappa shape index (κ3) is 2.20. The zero-order chi connectivity index (χ0) is 13.2. The summed E-state index contributed by atoms with van der Waals surface area (Å²) in [4.78, 5) is 13.6. The van der Waals surface area contributed by atoms with Gasteiger partial charge in [0.2, 0.25) is 0 Å². The van der Waals surface area contributed by atoms with Crippen LogP contribution in [0, 0.1) is 0 Å². The molecule has 0 bridgehead atoms. The van der Waals surface area contributed by atoms with E-state index in [1.165, 1.54) is 0 Å². The molecular formula is C14H13NO4. The summed E-state index contributed by atoms with van der Waals surface area (Å²) in [5.74, 6) is 1.70. The number of hydrogen-bond acceptors (Lipinski definition) is 4. The molecule has 1 aromatic heterocycles. The van der Waals surface area contributed by atoms with Crippen molar-refractivity contribution in [2.45, 2.75) is 13.2 Å². The molecule has 0 radical (unpaired) electrons. The molecular weight excluding hydrogens is 246 g/mol. The number of nitrogens with zero attached hydrogens (tertiary/aromatic N) is 1. The fourth-order valence-electron chi connectivity index (χ4n) is 2.08. The summed E-state index contributed by atoms with van der Waals surface area (Å²) in [5, 5.41) is 8.97. The molecule has 2 aromatic rings. The van der Waals surface area contributed by atoms with E-state index in [4.69, 9.17) is 14.3 Å². The van der Waals surface area contributed by atoms with Crippen molar-refractivity contribution >= 4 is 11.6 Å². The average molecular weight is 259 g/mol. The van der Waals surface area contributed by atoms with Gasteiger partial charge in [-0.3, -0.25) is 9.69 Å². The topological polar surface area (TPSA) is 62.9 Å². The van der Waals surface area contributed by atoms with E-state index < -0.39 is 0 Å². The number of ether oxygens (including phenoxy) is 1. The number of para-hydroxylation sites is 2. The molecule has 1 amide bonds. The number of fused-ring (bicyclic) bond motifs is 1. The molecule has 1 aliphatic rings. The number of aliphatic hydroxyl groups is 1. The van der Waals surface area contributed by atoms with Gasteiger partial charge in [0.25, 0.3) is 5.91 Å². The first-order valence-electron chi connectivity index (χ1n) is 5.98. The summed E-state index contributed by atoms with van der Waals surface area (Å²) >= 11 is 0. The van der Waals surface area contributed by atoms with Crippen LogP contribution in [0.3, 0.4) is 0 Å². The van der Waals surface area contributed by atoms with E-state index in [1.807, 2.05) is 24.3 Å². The molecule has 1 aliphatic heterocycles. The van der Waals surface area contributed by atoms with Crippen LogP contribution in [-0.2, 0) is 17.9 Å². The first-order valence-corrected chi connectivity index (χ1v) is 5.98. The van der Waals surface area contributed by atoms with Crippen molar-refractivity contribution in [2.75, 3.05) is 11.5 Å². The molecule has 5 heteroatoms. The summed E-state index contributed by atoms with van der Waals surface area (Å²) < 4.78 is 10.8. The van der Waals surface area contributed by atoms with Crippen LogP contribution in [0.15, 0.2) is 40.8 Å². The highest BCUT2D eigenvalue weighted by atomic mass is 16.5. The SMILES string of the molecule is O=C1COc2ccccc2N1Cc1ccc(CO)o1. The van der Waals surface area contributed by atoms with E-state index in [1.54, 1.807) is 17.0 Å². The number of aliphatic hydroxyl groups excluding tert-OH is 1. The molecule has 1 N–H and O–H groups in total. The van der Waals surface area contributed by atoms with E-state index in [0.717, 1.165) is 5.69 Å². The minimum Gasteiger partial charge on any atom is -0.482 e. The monoisotopic (exact) mass is 259 g/mol. The second kappa shape index (κ2) is 4.78.